The summed E-state index contributed by atoms with van der Waals surface area (Å²) in [4.78, 5) is 4.67. The fraction of sp³-hybridized carbons (Fsp3) is 0.357. The van der Waals surface area contributed by atoms with Crippen LogP contribution < -0.4 is 0 Å². The average Bonchev–Trinajstić information content (AvgIpc) is 3.01. The number of nitrogens with zero attached hydrogens (tertiary/aromatic N) is 4. The minimum Gasteiger partial charge on any atom is -0.425 e. The van der Waals surface area contributed by atoms with Crippen molar-refractivity contribution in [3.05, 3.63) is 35.0 Å². The molecule has 0 aliphatic rings. The van der Waals surface area contributed by atoms with Crippen LogP contribution in [0.3, 0.4) is 0 Å². The molecule has 0 saturated carbocycles. The second-order valence-electron chi connectivity index (χ2n) is 4.68. The smallest absolute Gasteiger partial charge is 0.226 e. The number of hydrogen-bond donors (Lipinski definition) is 0. The molecule has 110 valence electrons. The summed E-state index contributed by atoms with van der Waals surface area (Å²) in [5, 5.41) is 9.50. The van der Waals surface area contributed by atoms with Crippen LogP contribution in [0.2, 0.25) is 5.02 Å². The van der Waals surface area contributed by atoms with Crippen LogP contribution in [-0.2, 0) is 12.3 Å². The standard InChI is InChI=1S/C14H15ClN4OS/c1-3-6-19-12-5-4-10(15)7-11(12)16-14(19)21-8-13-18-17-9(2)20-13/h4-5,7H,3,6,8H2,1-2H3. The van der Waals surface area contributed by atoms with Gasteiger partial charge in [0.2, 0.25) is 11.8 Å². The van der Waals surface area contributed by atoms with Gasteiger partial charge in [-0.15, -0.1) is 10.2 Å². The quantitative estimate of drug-likeness (QED) is 0.662. The molecule has 0 atom stereocenters. The highest BCUT2D eigenvalue weighted by Crippen LogP contribution is 2.28. The van der Waals surface area contributed by atoms with Crippen molar-refractivity contribution in [3.63, 3.8) is 0 Å². The summed E-state index contributed by atoms with van der Waals surface area (Å²) in [6.45, 7) is 4.86. The van der Waals surface area contributed by atoms with E-state index in [1.165, 1.54) is 0 Å². The lowest BCUT2D eigenvalue weighted by molar-refractivity contribution is 0.485. The number of rotatable bonds is 5. The third kappa shape index (κ3) is 3.06. The Hall–Kier alpha value is -1.53. The number of fused-ring (bicyclic) bond motifs is 1. The molecule has 0 aliphatic heterocycles. The molecule has 0 radical (unpaired) electrons. The number of halogens is 1. The van der Waals surface area contributed by atoms with Crippen LogP contribution in [0.25, 0.3) is 11.0 Å². The Bertz CT molecular complexity index is 768. The number of imidazole rings is 1. The summed E-state index contributed by atoms with van der Waals surface area (Å²) in [6.07, 6.45) is 1.04. The largest absolute Gasteiger partial charge is 0.425 e. The molecule has 2 heterocycles. The van der Waals surface area contributed by atoms with Gasteiger partial charge in [-0.1, -0.05) is 30.3 Å². The van der Waals surface area contributed by atoms with Gasteiger partial charge in [0.1, 0.15) is 0 Å². The lowest BCUT2D eigenvalue weighted by atomic mass is 10.3. The molecule has 21 heavy (non-hydrogen) atoms. The number of hydrogen-bond acceptors (Lipinski definition) is 5. The van der Waals surface area contributed by atoms with Crippen molar-refractivity contribution in [2.45, 2.75) is 37.7 Å². The summed E-state index contributed by atoms with van der Waals surface area (Å²) in [6, 6.07) is 5.80. The van der Waals surface area contributed by atoms with E-state index in [1.54, 1.807) is 18.7 Å². The van der Waals surface area contributed by atoms with Gasteiger partial charge >= 0.3 is 0 Å². The van der Waals surface area contributed by atoms with Gasteiger partial charge in [0.05, 0.1) is 16.8 Å². The molecule has 0 saturated heterocycles. The maximum Gasteiger partial charge on any atom is 0.226 e. The van der Waals surface area contributed by atoms with Gasteiger partial charge in [-0.3, -0.25) is 0 Å². The zero-order valence-corrected chi connectivity index (χ0v) is 13.4. The topological polar surface area (TPSA) is 56.7 Å². The first-order valence-electron chi connectivity index (χ1n) is 6.75. The molecule has 3 rings (SSSR count). The number of thioether (sulfide) groups is 1. The second kappa shape index (κ2) is 6.07. The predicted molar refractivity (Wildman–Crippen MR) is 83.6 cm³/mol. The third-order valence-electron chi connectivity index (χ3n) is 3.02. The van der Waals surface area contributed by atoms with E-state index in [9.17, 15) is 0 Å². The summed E-state index contributed by atoms with van der Waals surface area (Å²) in [5.74, 6) is 1.81. The molecular formula is C14H15ClN4OS. The third-order valence-corrected chi connectivity index (χ3v) is 4.21. The van der Waals surface area contributed by atoms with Crippen LogP contribution >= 0.6 is 23.4 Å². The van der Waals surface area contributed by atoms with Gasteiger partial charge in [-0.05, 0) is 24.6 Å². The van der Waals surface area contributed by atoms with E-state index in [1.807, 2.05) is 18.2 Å². The molecule has 0 N–H and O–H groups in total. The summed E-state index contributed by atoms with van der Waals surface area (Å²) in [5.41, 5.74) is 2.02. The predicted octanol–water partition coefficient (Wildman–Crippen LogP) is 4.08. The van der Waals surface area contributed by atoms with Crippen molar-refractivity contribution in [1.29, 1.82) is 0 Å². The van der Waals surface area contributed by atoms with E-state index in [0.29, 0.717) is 22.6 Å². The van der Waals surface area contributed by atoms with E-state index < -0.39 is 0 Å². The molecular weight excluding hydrogens is 308 g/mol. The first-order valence-corrected chi connectivity index (χ1v) is 8.11. The van der Waals surface area contributed by atoms with Gasteiger partial charge in [0, 0.05) is 18.5 Å². The average molecular weight is 323 g/mol. The van der Waals surface area contributed by atoms with Crippen LogP contribution in [0.1, 0.15) is 25.1 Å². The molecule has 0 spiro atoms. The SMILES string of the molecule is CCCn1c(SCc2nnc(C)o2)nc2cc(Cl)ccc21. The highest BCUT2D eigenvalue weighted by atomic mass is 35.5. The molecule has 0 fully saturated rings. The van der Waals surface area contributed by atoms with Crippen LogP contribution in [0.15, 0.2) is 27.8 Å². The number of aromatic nitrogens is 4. The molecule has 2 aromatic heterocycles. The van der Waals surface area contributed by atoms with Crippen molar-refractivity contribution < 1.29 is 4.42 Å². The van der Waals surface area contributed by atoms with Crippen LogP contribution in [0, 0.1) is 6.92 Å². The van der Waals surface area contributed by atoms with Crippen molar-refractivity contribution in [2.24, 2.45) is 0 Å². The Morgan fingerprint density at radius 2 is 2.19 bits per heavy atom. The first-order chi connectivity index (χ1) is 10.2. The fourth-order valence-corrected chi connectivity index (χ4v) is 3.20. The molecule has 0 amide bonds. The first kappa shape index (κ1) is 14.4. The van der Waals surface area contributed by atoms with Crippen LogP contribution in [0.4, 0.5) is 0 Å². The fourth-order valence-electron chi connectivity index (χ4n) is 2.15. The van der Waals surface area contributed by atoms with Gasteiger partial charge in [-0.2, -0.15) is 0 Å². The van der Waals surface area contributed by atoms with Crippen molar-refractivity contribution >= 4 is 34.4 Å². The molecule has 1 aromatic carbocycles. The van der Waals surface area contributed by atoms with E-state index in [4.69, 9.17) is 16.0 Å². The van der Waals surface area contributed by atoms with Crippen LogP contribution in [-0.4, -0.2) is 19.7 Å². The Labute approximate surface area is 131 Å². The van der Waals surface area contributed by atoms with E-state index in [2.05, 4.69) is 26.7 Å². The van der Waals surface area contributed by atoms with E-state index >= 15 is 0 Å². The Morgan fingerprint density at radius 1 is 1.33 bits per heavy atom. The normalized spacial score (nSPS) is 11.4. The summed E-state index contributed by atoms with van der Waals surface area (Å²) < 4.78 is 7.60. The maximum atomic E-state index is 6.04. The van der Waals surface area contributed by atoms with Crippen LogP contribution in [0.5, 0.6) is 0 Å². The molecule has 0 bridgehead atoms. The number of aryl methyl sites for hydroxylation is 2. The Morgan fingerprint density at radius 3 is 2.90 bits per heavy atom. The second-order valence-corrected chi connectivity index (χ2v) is 6.06. The zero-order chi connectivity index (χ0) is 14.8. The molecule has 3 aromatic rings. The summed E-state index contributed by atoms with van der Waals surface area (Å²) >= 11 is 7.64. The highest BCUT2D eigenvalue weighted by molar-refractivity contribution is 7.98. The van der Waals surface area contributed by atoms with Gasteiger partial charge in [0.15, 0.2) is 5.16 Å². The Kier molecular flexibility index (Phi) is 4.17. The monoisotopic (exact) mass is 322 g/mol. The number of benzene rings is 1. The van der Waals surface area contributed by atoms with Crippen molar-refractivity contribution in [2.75, 3.05) is 0 Å². The van der Waals surface area contributed by atoms with E-state index in [-0.39, 0.29) is 0 Å². The zero-order valence-electron chi connectivity index (χ0n) is 11.8. The van der Waals surface area contributed by atoms with Gasteiger partial charge < -0.3 is 8.98 Å². The van der Waals surface area contributed by atoms with Gasteiger partial charge in [-0.25, -0.2) is 4.98 Å². The van der Waals surface area contributed by atoms with Crippen molar-refractivity contribution in [1.82, 2.24) is 19.7 Å². The van der Waals surface area contributed by atoms with Crippen molar-refractivity contribution in [3.8, 4) is 0 Å². The van der Waals surface area contributed by atoms with E-state index in [0.717, 1.165) is 29.2 Å². The Balaban J connectivity index is 1.90. The summed E-state index contributed by atoms with van der Waals surface area (Å²) in [7, 11) is 0. The minimum atomic E-state index is 0.583. The molecule has 0 aliphatic carbocycles. The van der Waals surface area contributed by atoms with Gasteiger partial charge in [0.25, 0.3) is 0 Å². The highest BCUT2D eigenvalue weighted by Gasteiger charge is 2.13. The lowest BCUT2D eigenvalue weighted by Crippen LogP contribution is -1.98. The minimum absolute atomic E-state index is 0.583. The molecule has 0 unspecified atom stereocenters. The molecule has 7 heteroatoms. The molecule has 5 nitrogen and oxygen atoms in total. The lowest BCUT2D eigenvalue weighted by Gasteiger charge is -2.06. The maximum absolute atomic E-state index is 6.04.